The lowest BCUT2D eigenvalue weighted by molar-refractivity contribution is 0.104. The normalized spacial score (nSPS) is 19.1. The molecule has 1 unspecified atom stereocenters. The maximum atomic E-state index is 13.0. The van der Waals surface area contributed by atoms with Crippen molar-refractivity contribution in [1.82, 2.24) is 20.0 Å². The summed E-state index contributed by atoms with van der Waals surface area (Å²) in [5, 5.41) is 8.03. The summed E-state index contributed by atoms with van der Waals surface area (Å²) in [7, 11) is 1.71. The number of aromatic nitrogens is 2. The Bertz CT molecular complexity index is 821. The number of hydrogen-bond acceptors (Lipinski definition) is 4. The number of urea groups is 1. The molecule has 1 aromatic carbocycles. The summed E-state index contributed by atoms with van der Waals surface area (Å²) in [5.74, 6) is 0. The predicted molar refractivity (Wildman–Crippen MR) is 109 cm³/mol. The summed E-state index contributed by atoms with van der Waals surface area (Å²) >= 11 is 0. The summed E-state index contributed by atoms with van der Waals surface area (Å²) in [4.78, 5) is 15.0. The number of piperidine rings is 1. The van der Waals surface area contributed by atoms with Crippen LogP contribution in [0, 0.1) is 0 Å². The second-order valence-corrected chi connectivity index (χ2v) is 7.68. The van der Waals surface area contributed by atoms with E-state index in [1.165, 1.54) is 11.3 Å². The van der Waals surface area contributed by atoms with Crippen molar-refractivity contribution in [3.8, 4) is 0 Å². The Hall–Kier alpha value is -2.38. The van der Waals surface area contributed by atoms with Gasteiger partial charge >= 0.3 is 6.03 Å². The summed E-state index contributed by atoms with van der Waals surface area (Å²) < 4.78 is 13.1. The zero-order valence-corrected chi connectivity index (χ0v) is 17.1. The number of hydrogen-bond donors (Lipinski definition) is 1. The third-order valence-electron chi connectivity index (χ3n) is 5.80. The van der Waals surface area contributed by atoms with Gasteiger partial charge in [0.2, 0.25) is 0 Å². The van der Waals surface area contributed by atoms with Gasteiger partial charge in [0.1, 0.15) is 0 Å². The van der Waals surface area contributed by atoms with Crippen LogP contribution in [0.1, 0.15) is 47.8 Å². The van der Waals surface area contributed by atoms with Crippen molar-refractivity contribution >= 4 is 6.03 Å². The molecular formula is C22H30N4O3. The van der Waals surface area contributed by atoms with Crippen LogP contribution in [0.5, 0.6) is 0 Å². The Labute approximate surface area is 172 Å². The molecule has 7 nitrogen and oxygen atoms in total. The van der Waals surface area contributed by atoms with E-state index < -0.39 is 0 Å². The molecule has 0 spiro atoms. The van der Waals surface area contributed by atoms with Crippen molar-refractivity contribution in [2.45, 2.75) is 51.4 Å². The summed E-state index contributed by atoms with van der Waals surface area (Å²) in [6, 6.07) is 10.00. The van der Waals surface area contributed by atoms with Crippen molar-refractivity contribution in [3.05, 3.63) is 52.8 Å². The number of benzene rings is 1. The van der Waals surface area contributed by atoms with E-state index in [1.54, 1.807) is 7.11 Å². The monoisotopic (exact) mass is 398 g/mol. The van der Waals surface area contributed by atoms with Gasteiger partial charge in [0.25, 0.3) is 0 Å². The molecule has 4 rings (SSSR count). The second kappa shape index (κ2) is 9.41. The molecule has 1 fully saturated rings. The first-order chi connectivity index (χ1) is 14.3. The fourth-order valence-electron chi connectivity index (χ4n) is 4.30. The Morgan fingerprint density at radius 2 is 2.17 bits per heavy atom. The first-order valence-corrected chi connectivity index (χ1v) is 10.5. The van der Waals surface area contributed by atoms with Crippen LogP contribution in [-0.4, -0.2) is 47.6 Å². The highest BCUT2D eigenvalue weighted by molar-refractivity contribution is 5.75. The largest absolute Gasteiger partial charge is 0.383 e. The quantitative estimate of drug-likeness (QED) is 0.812. The average molecular weight is 399 g/mol. The number of nitrogens with zero attached hydrogens (tertiary/aromatic N) is 3. The lowest BCUT2D eigenvalue weighted by Crippen LogP contribution is -2.44. The van der Waals surface area contributed by atoms with Crippen molar-refractivity contribution < 1.29 is 14.3 Å². The fraction of sp³-hybridized carbons (Fsp3) is 0.545. The number of amides is 2. The molecule has 1 saturated heterocycles. The average Bonchev–Trinajstić information content (AvgIpc) is 3.15. The van der Waals surface area contributed by atoms with Crippen molar-refractivity contribution in [2.75, 3.05) is 26.9 Å². The SMILES string of the molecule is COCCn1nc(C2CCCCN2C(=O)NCc2ccccc2)c2c1CCOC2. The number of fused-ring (bicyclic) bond motifs is 1. The van der Waals surface area contributed by atoms with E-state index >= 15 is 0 Å². The van der Waals surface area contributed by atoms with E-state index in [9.17, 15) is 4.79 Å². The van der Waals surface area contributed by atoms with Crippen LogP contribution in [0.25, 0.3) is 0 Å². The molecule has 2 aliphatic heterocycles. The highest BCUT2D eigenvalue weighted by Crippen LogP contribution is 2.35. The number of carbonyl (C=O) groups excluding carboxylic acids is 1. The highest BCUT2D eigenvalue weighted by Gasteiger charge is 2.34. The lowest BCUT2D eigenvalue weighted by Gasteiger charge is -2.35. The number of rotatable bonds is 6. The van der Waals surface area contributed by atoms with Gasteiger partial charge in [-0.3, -0.25) is 4.68 Å². The van der Waals surface area contributed by atoms with E-state index in [2.05, 4.69) is 10.00 Å². The Morgan fingerprint density at radius 1 is 1.31 bits per heavy atom. The molecule has 0 aliphatic carbocycles. The number of ether oxygens (including phenoxy) is 2. The topological polar surface area (TPSA) is 68.6 Å². The summed E-state index contributed by atoms with van der Waals surface area (Å²) in [6.45, 7) is 3.94. The summed E-state index contributed by atoms with van der Waals surface area (Å²) in [5.41, 5.74) is 4.51. The minimum Gasteiger partial charge on any atom is -0.383 e. The molecule has 7 heteroatoms. The van der Waals surface area contributed by atoms with E-state index in [4.69, 9.17) is 14.6 Å². The van der Waals surface area contributed by atoms with Gasteiger partial charge in [0.05, 0.1) is 38.1 Å². The third-order valence-corrected chi connectivity index (χ3v) is 5.80. The smallest absolute Gasteiger partial charge is 0.318 e. The van der Waals surface area contributed by atoms with Gasteiger partial charge in [0, 0.05) is 37.9 Å². The van der Waals surface area contributed by atoms with Crippen LogP contribution in [0.2, 0.25) is 0 Å². The molecule has 1 aromatic heterocycles. The van der Waals surface area contributed by atoms with E-state index in [0.29, 0.717) is 19.8 Å². The first-order valence-electron chi connectivity index (χ1n) is 10.5. The van der Waals surface area contributed by atoms with E-state index in [-0.39, 0.29) is 12.1 Å². The molecule has 1 N–H and O–H groups in total. The molecule has 2 amide bonds. The van der Waals surface area contributed by atoms with Gasteiger partial charge in [-0.2, -0.15) is 5.10 Å². The molecule has 2 aliphatic rings. The van der Waals surface area contributed by atoms with Crippen LogP contribution < -0.4 is 5.32 Å². The molecular weight excluding hydrogens is 368 g/mol. The van der Waals surface area contributed by atoms with E-state index in [1.807, 2.05) is 35.2 Å². The Balaban J connectivity index is 1.54. The highest BCUT2D eigenvalue weighted by atomic mass is 16.5. The van der Waals surface area contributed by atoms with Crippen LogP contribution in [0.4, 0.5) is 4.79 Å². The van der Waals surface area contributed by atoms with E-state index in [0.717, 1.165) is 56.6 Å². The van der Waals surface area contributed by atoms with Crippen LogP contribution >= 0.6 is 0 Å². The van der Waals surface area contributed by atoms with Crippen molar-refractivity contribution in [3.63, 3.8) is 0 Å². The maximum Gasteiger partial charge on any atom is 0.318 e. The molecule has 0 saturated carbocycles. The standard InChI is InChI=1S/C22H30N4O3/c1-28-14-12-26-19-10-13-29-16-18(19)21(24-26)20-9-5-6-11-25(20)22(27)23-15-17-7-3-2-4-8-17/h2-4,7-8,20H,5-6,9-16H2,1H3,(H,23,27). The summed E-state index contributed by atoms with van der Waals surface area (Å²) in [6.07, 6.45) is 3.93. The van der Waals surface area contributed by atoms with Gasteiger partial charge in [-0.05, 0) is 24.8 Å². The molecule has 3 heterocycles. The minimum atomic E-state index is -0.0181. The maximum absolute atomic E-state index is 13.0. The molecule has 156 valence electrons. The van der Waals surface area contributed by atoms with Crippen LogP contribution in [-0.2, 0) is 35.6 Å². The zero-order valence-electron chi connectivity index (χ0n) is 17.1. The molecule has 29 heavy (non-hydrogen) atoms. The second-order valence-electron chi connectivity index (χ2n) is 7.68. The predicted octanol–water partition coefficient (Wildman–Crippen LogP) is 3.04. The number of likely N-dealkylation sites (tertiary alicyclic amines) is 1. The van der Waals surface area contributed by atoms with Crippen LogP contribution in [0.3, 0.4) is 0 Å². The fourth-order valence-corrected chi connectivity index (χ4v) is 4.30. The number of methoxy groups -OCH3 is 1. The van der Waals surface area contributed by atoms with Crippen molar-refractivity contribution in [2.24, 2.45) is 0 Å². The minimum absolute atomic E-state index is 0.00114. The van der Waals surface area contributed by atoms with Gasteiger partial charge < -0.3 is 19.7 Å². The van der Waals surface area contributed by atoms with Gasteiger partial charge in [0.15, 0.2) is 0 Å². The molecule has 0 bridgehead atoms. The Morgan fingerprint density at radius 3 is 3.00 bits per heavy atom. The number of nitrogens with one attached hydrogen (secondary N) is 1. The molecule has 2 aromatic rings. The third kappa shape index (κ3) is 4.46. The van der Waals surface area contributed by atoms with Gasteiger partial charge in [-0.25, -0.2) is 4.79 Å². The van der Waals surface area contributed by atoms with Gasteiger partial charge in [-0.15, -0.1) is 0 Å². The van der Waals surface area contributed by atoms with Gasteiger partial charge in [-0.1, -0.05) is 30.3 Å². The number of carbonyl (C=O) groups is 1. The van der Waals surface area contributed by atoms with Crippen LogP contribution in [0.15, 0.2) is 30.3 Å². The first kappa shape index (κ1) is 19.9. The zero-order chi connectivity index (χ0) is 20.1. The molecule has 1 atom stereocenters. The molecule has 0 radical (unpaired) electrons. The lowest BCUT2D eigenvalue weighted by atomic mass is 9.95. The Kier molecular flexibility index (Phi) is 6.46. The van der Waals surface area contributed by atoms with Crippen molar-refractivity contribution in [1.29, 1.82) is 0 Å².